The summed E-state index contributed by atoms with van der Waals surface area (Å²) in [6.45, 7) is 0.255. The molecule has 1 fully saturated rings. The van der Waals surface area contributed by atoms with Gasteiger partial charge in [0.05, 0.1) is 6.10 Å². The van der Waals surface area contributed by atoms with Crippen LogP contribution in [0, 0.1) is 11.6 Å². The monoisotopic (exact) mass is 255 g/mol. The highest BCUT2D eigenvalue weighted by Crippen LogP contribution is 2.19. The third-order valence-corrected chi connectivity index (χ3v) is 3.54. The maximum absolute atomic E-state index is 13.4. The predicted octanol–water partition coefficient (Wildman–Crippen LogP) is 2.75. The van der Waals surface area contributed by atoms with Gasteiger partial charge in [-0.2, -0.15) is 0 Å². The molecule has 1 aromatic carbocycles. The molecule has 0 bridgehead atoms. The molecule has 0 aliphatic heterocycles. The predicted molar refractivity (Wildman–Crippen MR) is 66.1 cm³/mol. The van der Waals surface area contributed by atoms with Gasteiger partial charge in [0.15, 0.2) is 0 Å². The summed E-state index contributed by atoms with van der Waals surface area (Å²) in [6, 6.07) is 3.43. The molecule has 2 nitrogen and oxygen atoms in total. The molecule has 2 atom stereocenters. The normalized spacial score (nSPS) is 24.8. The van der Waals surface area contributed by atoms with Crippen LogP contribution < -0.4 is 5.32 Å². The van der Waals surface area contributed by atoms with Crippen LogP contribution in [0.4, 0.5) is 8.78 Å². The molecular weight excluding hydrogens is 236 g/mol. The second-order valence-corrected chi connectivity index (χ2v) is 4.93. The van der Waals surface area contributed by atoms with Crippen molar-refractivity contribution in [1.29, 1.82) is 0 Å². The first-order valence-corrected chi connectivity index (χ1v) is 6.52. The molecule has 0 radical (unpaired) electrons. The minimum Gasteiger partial charge on any atom is -0.392 e. The van der Waals surface area contributed by atoms with E-state index in [2.05, 4.69) is 5.32 Å². The maximum Gasteiger partial charge on any atom is 0.127 e. The quantitative estimate of drug-likeness (QED) is 0.814. The Balaban J connectivity index is 1.95. The summed E-state index contributed by atoms with van der Waals surface area (Å²) in [4.78, 5) is 0. The number of rotatable bonds is 3. The smallest absolute Gasteiger partial charge is 0.127 e. The summed E-state index contributed by atoms with van der Waals surface area (Å²) >= 11 is 0. The van der Waals surface area contributed by atoms with E-state index in [-0.39, 0.29) is 18.7 Å². The minimum atomic E-state index is -0.436. The Kier molecular flexibility index (Phi) is 4.66. The average Bonchev–Trinajstić information content (AvgIpc) is 2.55. The van der Waals surface area contributed by atoms with Crippen LogP contribution in [0.3, 0.4) is 0 Å². The third-order valence-electron chi connectivity index (χ3n) is 3.54. The fraction of sp³-hybridized carbons (Fsp3) is 0.571. The number of hydrogen-bond donors (Lipinski definition) is 2. The lowest BCUT2D eigenvalue weighted by Crippen LogP contribution is -2.38. The van der Waals surface area contributed by atoms with Crippen molar-refractivity contribution in [3.63, 3.8) is 0 Å². The third kappa shape index (κ3) is 3.50. The Morgan fingerprint density at radius 3 is 2.78 bits per heavy atom. The molecule has 1 saturated carbocycles. The highest BCUT2D eigenvalue weighted by molar-refractivity contribution is 5.18. The van der Waals surface area contributed by atoms with E-state index in [9.17, 15) is 13.9 Å². The zero-order valence-corrected chi connectivity index (χ0v) is 10.3. The molecule has 2 N–H and O–H groups in total. The van der Waals surface area contributed by atoms with Crippen molar-refractivity contribution in [1.82, 2.24) is 5.32 Å². The summed E-state index contributed by atoms with van der Waals surface area (Å²) in [5.74, 6) is -0.846. The number of halogens is 2. The van der Waals surface area contributed by atoms with E-state index in [0.29, 0.717) is 5.56 Å². The zero-order valence-electron chi connectivity index (χ0n) is 10.3. The molecule has 1 aliphatic carbocycles. The standard InChI is InChI=1S/C14H19F2NO/c15-11-6-7-12(16)10(8-11)9-17-13-4-2-1-3-5-14(13)18/h6-8,13-14,17-18H,1-5,9H2. The molecule has 4 heteroatoms. The van der Waals surface area contributed by atoms with Gasteiger partial charge < -0.3 is 10.4 Å². The van der Waals surface area contributed by atoms with Crippen molar-refractivity contribution in [3.8, 4) is 0 Å². The van der Waals surface area contributed by atoms with Crippen LogP contribution in [0.25, 0.3) is 0 Å². The molecule has 0 saturated heterocycles. The molecule has 2 rings (SSSR count). The van der Waals surface area contributed by atoms with Crippen molar-refractivity contribution < 1.29 is 13.9 Å². The molecule has 1 aromatic rings. The maximum atomic E-state index is 13.4. The van der Waals surface area contributed by atoms with Crippen LogP contribution in [-0.4, -0.2) is 17.3 Å². The Labute approximate surface area is 106 Å². The zero-order chi connectivity index (χ0) is 13.0. The van der Waals surface area contributed by atoms with Crippen molar-refractivity contribution in [2.45, 2.75) is 50.8 Å². The van der Waals surface area contributed by atoms with E-state index in [4.69, 9.17) is 0 Å². The van der Waals surface area contributed by atoms with E-state index < -0.39 is 11.6 Å². The first-order chi connectivity index (χ1) is 8.66. The average molecular weight is 255 g/mol. The molecule has 0 heterocycles. The van der Waals surface area contributed by atoms with E-state index >= 15 is 0 Å². The number of aliphatic hydroxyl groups excluding tert-OH is 1. The van der Waals surface area contributed by atoms with Gasteiger partial charge in [-0.15, -0.1) is 0 Å². The van der Waals surface area contributed by atoms with E-state index in [0.717, 1.165) is 44.2 Å². The molecule has 0 amide bonds. The molecule has 1 aliphatic rings. The van der Waals surface area contributed by atoms with Crippen LogP contribution in [0.15, 0.2) is 18.2 Å². The van der Waals surface area contributed by atoms with Gasteiger partial charge in [-0.3, -0.25) is 0 Å². The molecule has 0 spiro atoms. The molecule has 100 valence electrons. The summed E-state index contributed by atoms with van der Waals surface area (Å²) in [7, 11) is 0. The topological polar surface area (TPSA) is 32.3 Å². The van der Waals surface area contributed by atoms with Gasteiger partial charge in [-0.1, -0.05) is 19.3 Å². The lowest BCUT2D eigenvalue weighted by molar-refractivity contribution is 0.119. The Morgan fingerprint density at radius 2 is 1.94 bits per heavy atom. The van der Waals surface area contributed by atoms with Crippen LogP contribution in [0.5, 0.6) is 0 Å². The van der Waals surface area contributed by atoms with Crippen molar-refractivity contribution >= 4 is 0 Å². The first-order valence-electron chi connectivity index (χ1n) is 6.52. The minimum absolute atomic E-state index is 0.0184. The number of nitrogens with one attached hydrogen (secondary N) is 1. The lowest BCUT2D eigenvalue weighted by atomic mass is 10.1. The van der Waals surface area contributed by atoms with Gasteiger partial charge in [-0.25, -0.2) is 8.78 Å². The SMILES string of the molecule is OC1CCCCCC1NCc1cc(F)ccc1F. The summed E-state index contributed by atoms with van der Waals surface area (Å²) in [5, 5.41) is 13.1. The van der Waals surface area contributed by atoms with Crippen LogP contribution >= 0.6 is 0 Å². The fourth-order valence-corrected chi connectivity index (χ4v) is 2.45. The summed E-state index contributed by atoms with van der Waals surface area (Å²) in [6.07, 6.45) is 4.52. The number of aliphatic hydroxyl groups is 1. The molecule has 18 heavy (non-hydrogen) atoms. The van der Waals surface area contributed by atoms with Gasteiger partial charge in [-0.05, 0) is 31.0 Å². The summed E-state index contributed by atoms with van der Waals surface area (Å²) in [5.41, 5.74) is 0.312. The highest BCUT2D eigenvalue weighted by Gasteiger charge is 2.21. The van der Waals surface area contributed by atoms with E-state index in [1.54, 1.807) is 0 Å². The molecular formula is C14H19F2NO. The highest BCUT2D eigenvalue weighted by atomic mass is 19.1. The van der Waals surface area contributed by atoms with Crippen LogP contribution in [-0.2, 0) is 6.54 Å². The van der Waals surface area contributed by atoms with E-state index in [1.807, 2.05) is 0 Å². The Morgan fingerprint density at radius 1 is 1.17 bits per heavy atom. The van der Waals surface area contributed by atoms with Gasteiger partial charge in [0.1, 0.15) is 11.6 Å². The Hall–Kier alpha value is -1.00. The molecule has 0 aromatic heterocycles. The van der Waals surface area contributed by atoms with Crippen molar-refractivity contribution in [2.24, 2.45) is 0 Å². The second kappa shape index (κ2) is 6.25. The fourth-order valence-electron chi connectivity index (χ4n) is 2.45. The second-order valence-electron chi connectivity index (χ2n) is 4.93. The van der Waals surface area contributed by atoms with Gasteiger partial charge >= 0.3 is 0 Å². The first kappa shape index (κ1) is 13.4. The van der Waals surface area contributed by atoms with Crippen molar-refractivity contribution in [3.05, 3.63) is 35.4 Å². The van der Waals surface area contributed by atoms with Crippen molar-refractivity contribution in [2.75, 3.05) is 0 Å². The van der Waals surface area contributed by atoms with Gasteiger partial charge in [0.2, 0.25) is 0 Å². The Bertz CT molecular complexity index is 397. The number of benzene rings is 1. The van der Waals surface area contributed by atoms with Gasteiger partial charge in [0, 0.05) is 18.2 Å². The van der Waals surface area contributed by atoms with E-state index in [1.165, 1.54) is 6.07 Å². The largest absolute Gasteiger partial charge is 0.392 e. The van der Waals surface area contributed by atoms with Crippen LogP contribution in [0.2, 0.25) is 0 Å². The van der Waals surface area contributed by atoms with Crippen LogP contribution in [0.1, 0.15) is 37.7 Å². The van der Waals surface area contributed by atoms with Gasteiger partial charge in [0.25, 0.3) is 0 Å². The molecule has 2 unspecified atom stereocenters. The lowest BCUT2D eigenvalue weighted by Gasteiger charge is -2.22. The number of hydrogen-bond acceptors (Lipinski definition) is 2. The summed E-state index contributed by atoms with van der Waals surface area (Å²) < 4.78 is 26.4.